The summed E-state index contributed by atoms with van der Waals surface area (Å²) in [5.41, 5.74) is 4.57. The molecule has 0 fully saturated rings. The Bertz CT molecular complexity index is 886. The Hall–Kier alpha value is -2.93. The van der Waals surface area contributed by atoms with Crippen LogP contribution in [0.5, 0.6) is 5.75 Å². The van der Waals surface area contributed by atoms with Crippen molar-refractivity contribution in [2.75, 3.05) is 0 Å². The number of phenols is 1. The first kappa shape index (κ1) is 16.9. The van der Waals surface area contributed by atoms with Gasteiger partial charge >= 0.3 is 0 Å². The molecule has 0 radical (unpaired) electrons. The number of nitrogens with one attached hydrogen (secondary N) is 1. The molecule has 6 nitrogen and oxygen atoms in total. The Morgan fingerprint density at radius 1 is 1.16 bits per heavy atom. The Kier molecular flexibility index (Phi) is 5.25. The summed E-state index contributed by atoms with van der Waals surface area (Å²) in [6.07, 6.45) is 3.25. The van der Waals surface area contributed by atoms with Crippen LogP contribution < -0.4 is 5.43 Å². The number of carbonyl (C=O) groups excluding carboxylic acids is 1. The number of halogens is 1. The molecule has 2 N–H and O–H groups in total. The zero-order valence-corrected chi connectivity index (χ0v) is 14.7. The first-order valence-corrected chi connectivity index (χ1v) is 8.30. The number of nitrogens with zero attached hydrogens (tertiary/aromatic N) is 3. The second kappa shape index (κ2) is 7.76. The maximum absolute atomic E-state index is 12.1. The largest absolute Gasteiger partial charge is 0.508 e. The summed E-state index contributed by atoms with van der Waals surface area (Å²) in [6.45, 7) is 0.581. The van der Waals surface area contributed by atoms with Crippen molar-refractivity contribution in [3.63, 3.8) is 0 Å². The predicted octanol–water partition coefficient (Wildman–Crippen LogP) is 3.16. The van der Waals surface area contributed by atoms with Crippen LogP contribution in [0.3, 0.4) is 0 Å². The van der Waals surface area contributed by atoms with E-state index in [-0.39, 0.29) is 11.7 Å². The minimum absolute atomic E-state index is 0.178. The van der Waals surface area contributed by atoms with E-state index in [0.29, 0.717) is 12.2 Å². The molecule has 0 aliphatic rings. The zero-order valence-electron chi connectivity index (χ0n) is 13.1. The minimum Gasteiger partial charge on any atom is -0.508 e. The van der Waals surface area contributed by atoms with E-state index in [0.717, 1.165) is 15.6 Å². The van der Waals surface area contributed by atoms with Crippen molar-refractivity contribution in [3.05, 3.63) is 82.1 Å². The first-order valence-electron chi connectivity index (χ1n) is 7.50. The molecular formula is C18H15BrN4O2. The van der Waals surface area contributed by atoms with Gasteiger partial charge in [-0.1, -0.05) is 28.1 Å². The molecule has 0 bridgehead atoms. The molecule has 0 spiro atoms. The van der Waals surface area contributed by atoms with E-state index in [4.69, 9.17) is 0 Å². The molecular weight excluding hydrogens is 384 g/mol. The summed E-state index contributed by atoms with van der Waals surface area (Å²) in [5, 5.41) is 17.4. The van der Waals surface area contributed by atoms with E-state index < -0.39 is 0 Å². The highest BCUT2D eigenvalue weighted by atomic mass is 79.9. The number of phenolic OH excluding ortho intramolecular Hbond substituents is 1. The number of rotatable bonds is 5. The Balaban J connectivity index is 1.58. The Labute approximate surface area is 152 Å². The summed E-state index contributed by atoms with van der Waals surface area (Å²) in [6, 6.07) is 16.0. The van der Waals surface area contributed by atoms with E-state index in [9.17, 15) is 9.90 Å². The highest BCUT2D eigenvalue weighted by Crippen LogP contribution is 2.11. The fourth-order valence-electron chi connectivity index (χ4n) is 2.13. The van der Waals surface area contributed by atoms with Gasteiger partial charge in [0.1, 0.15) is 5.75 Å². The monoisotopic (exact) mass is 398 g/mol. The summed E-state index contributed by atoms with van der Waals surface area (Å²) < 4.78 is 2.71. The lowest BCUT2D eigenvalue weighted by molar-refractivity contribution is 0.0949. The van der Waals surface area contributed by atoms with Crippen LogP contribution in [0.25, 0.3) is 0 Å². The molecule has 1 amide bonds. The second-order valence-corrected chi connectivity index (χ2v) is 6.23. The van der Waals surface area contributed by atoms with Gasteiger partial charge in [-0.25, -0.2) is 5.43 Å². The number of benzene rings is 2. The van der Waals surface area contributed by atoms with Crippen molar-refractivity contribution in [1.82, 2.24) is 15.2 Å². The molecule has 7 heteroatoms. The van der Waals surface area contributed by atoms with Crippen LogP contribution >= 0.6 is 15.9 Å². The maximum atomic E-state index is 12.1. The molecule has 3 rings (SSSR count). The third kappa shape index (κ3) is 4.77. The van der Waals surface area contributed by atoms with Gasteiger partial charge in [0.25, 0.3) is 5.91 Å². The molecule has 0 atom stereocenters. The lowest BCUT2D eigenvalue weighted by Crippen LogP contribution is -2.18. The highest BCUT2D eigenvalue weighted by Gasteiger charge is 2.08. The molecule has 25 heavy (non-hydrogen) atoms. The summed E-state index contributed by atoms with van der Waals surface area (Å²) in [5.74, 6) is -0.206. The van der Waals surface area contributed by atoms with Gasteiger partial charge in [-0.2, -0.15) is 10.2 Å². The first-order chi connectivity index (χ1) is 12.1. The molecule has 0 unspecified atom stereocenters. The van der Waals surface area contributed by atoms with Crippen LogP contribution in [0.15, 0.2) is 70.4 Å². The molecule has 126 valence electrons. The summed E-state index contributed by atoms with van der Waals surface area (Å²) in [4.78, 5) is 12.1. The van der Waals surface area contributed by atoms with Crippen molar-refractivity contribution < 1.29 is 9.90 Å². The number of aromatic hydroxyl groups is 1. The van der Waals surface area contributed by atoms with Crippen molar-refractivity contribution >= 4 is 28.1 Å². The van der Waals surface area contributed by atoms with E-state index in [1.54, 1.807) is 41.2 Å². The van der Waals surface area contributed by atoms with Crippen molar-refractivity contribution in [2.24, 2.45) is 5.10 Å². The number of hydrogen-bond donors (Lipinski definition) is 2. The molecule has 0 aliphatic heterocycles. The van der Waals surface area contributed by atoms with Crippen LogP contribution in [0.1, 0.15) is 21.6 Å². The number of aromatic nitrogens is 2. The van der Waals surface area contributed by atoms with Crippen LogP contribution in [0.2, 0.25) is 0 Å². The average Bonchev–Trinajstić information content (AvgIpc) is 3.07. The smallest absolute Gasteiger partial charge is 0.291 e. The van der Waals surface area contributed by atoms with Crippen LogP contribution in [-0.4, -0.2) is 27.0 Å². The fraction of sp³-hybridized carbons (Fsp3) is 0.0556. The van der Waals surface area contributed by atoms with Gasteiger partial charge in [-0.05, 0) is 53.6 Å². The quantitative estimate of drug-likeness (QED) is 0.511. The van der Waals surface area contributed by atoms with E-state index in [2.05, 4.69) is 31.6 Å². The van der Waals surface area contributed by atoms with Gasteiger partial charge in [-0.3, -0.25) is 9.48 Å². The highest BCUT2D eigenvalue weighted by molar-refractivity contribution is 9.10. The summed E-state index contributed by atoms with van der Waals surface area (Å²) >= 11 is 3.40. The lowest BCUT2D eigenvalue weighted by atomic mass is 10.2. The molecule has 1 heterocycles. The Morgan fingerprint density at radius 2 is 1.88 bits per heavy atom. The van der Waals surface area contributed by atoms with E-state index in [1.165, 1.54) is 6.21 Å². The number of hydrazone groups is 1. The van der Waals surface area contributed by atoms with E-state index in [1.807, 2.05) is 24.3 Å². The molecule has 2 aromatic carbocycles. The molecule has 3 aromatic rings. The van der Waals surface area contributed by atoms with Gasteiger partial charge < -0.3 is 5.11 Å². The van der Waals surface area contributed by atoms with Crippen molar-refractivity contribution in [3.8, 4) is 5.75 Å². The maximum Gasteiger partial charge on any atom is 0.291 e. The molecule has 1 aromatic heterocycles. The minimum atomic E-state index is -0.385. The van der Waals surface area contributed by atoms with Crippen LogP contribution in [0.4, 0.5) is 0 Å². The second-order valence-electron chi connectivity index (χ2n) is 5.32. The molecule has 0 saturated heterocycles. The van der Waals surface area contributed by atoms with Gasteiger partial charge in [0.15, 0.2) is 5.69 Å². The van der Waals surface area contributed by atoms with Crippen LogP contribution in [-0.2, 0) is 6.54 Å². The molecule has 0 aliphatic carbocycles. The third-order valence-corrected chi connectivity index (χ3v) is 3.93. The van der Waals surface area contributed by atoms with Gasteiger partial charge in [0, 0.05) is 10.7 Å². The van der Waals surface area contributed by atoms with Gasteiger partial charge in [0.2, 0.25) is 0 Å². The molecule has 0 saturated carbocycles. The van der Waals surface area contributed by atoms with Gasteiger partial charge in [-0.15, -0.1) is 0 Å². The van der Waals surface area contributed by atoms with Crippen molar-refractivity contribution in [2.45, 2.75) is 6.54 Å². The number of carbonyl (C=O) groups is 1. The number of amides is 1. The zero-order chi connectivity index (χ0) is 17.6. The number of hydrogen-bond acceptors (Lipinski definition) is 4. The van der Waals surface area contributed by atoms with Crippen molar-refractivity contribution in [1.29, 1.82) is 0 Å². The SMILES string of the molecule is O=C(NN=Cc1ccc(O)cc1)c1ccn(Cc2ccc(Br)cc2)n1. The average molecular weight is 399 g/mol. The van der Waals surface area contributed by atoms with E-state index >= 15 is 0 Å². The topological polar surface area (TPSA) is 79.5 Å². The standard InChI is InChI=1S/C18H15BrN4O2/c19-15-5-1-14(2-6-15)12-23-10-9-17(22-23)18(25)21-20-11-13-3-7-16(24)8-4-13/h1-11,24H,12H2,(H,21,25). The fourth-order valence-corrected chi connectivity index (χ4v) is 2.40. The van der Waals surface area contributed by atoms with Gasteiger partial charge in [0.05, 0.1) is 12.8 Å². The Morgan fingerprint density at radius 3 is 2.60 bits per heavy atom. The predicted molar refractivity (Wildman–Crippen MR) is 98.6 cm³/mol. The summed E-state index contributed by atoms with van der Waals surface area (Å²) in [7, 11) is 0. The van der Waals surface area contributed by atoms with Crippen LogP contribution in [0, 0.1) is 0 Å². The normalized spacial score (nSPS) is 10.9. The third-order valence-electron chi connectivity index (χ3n) is 3.40. The lowest BCUT2D eigenvalue weighted by Gasteiger charge is -2.02.